The van der Waals surface area contributed by atoms with E-state index in [0.717, 1.165) is 36.6 Å². The van der Waals surface area contributed by atoms with Gasteiger partial charge in [0.2, 0.25) is 0 Å². The van der Waals surface area contributed by atoms with E-state index in [1.54, 1.807) is 0 Å². The van der Waals surface area contributed by atoms with Crippen LogP contribution in [0.5, 0.6) is 0 Å². The second kappa shape index (κ2) is 3.98. The molecule has 0 spiro atoms. The molecule has 1 aliphatic carbocycles. The van der Waals surface area contributed by atoms with Gasteiger partial charge in [-0.3, -0.25) is 0 Å². The summed E-state index contributed by atoms with van der Waals surface area (Å²) < 4.78 is 7.00. The van der Waals surface area contributed by atoms with Crippen LogP contribution in [0.1, 0.15) is 41.4 Å². The van der Waals surface area contributed by atoms with Crippen molar-refractivity contribution in [2.75, 3.05) is 0 Å². The van der Waals surface area contributed by atoms with Gasteiger partial charge >= 0.3 is 0 Å². The molecule has 90 valence electrons. The molecule has 2 aromatic heterocycles. The predicted molar refractivity (Wildman–Crippen MR) is 61.7 cm³/mol. The van der Waals surface area contributed by atoms with E-state index in [-0.39, 0.29) is 0 Å². The molecule has 0 atom stereocenters. The van der Waals surface area contributed by atoms with E-state index in [4.69, 9.17) is 4.63 Å². The summed E-state index contributed by atoms with van der Waals surface area (Å²) in [7, 11) is 0. The number of aryl methyl sites for hydroxylation is 3. The molecule has 1 aliphatic rings. The van der Waals surface area contributed by atoms with E-state index in [1.807, 2.05) is 6.92 Å². The molecule has 0 bridgehead atoms. The van der Waals surface area contributed by atoms with Crippen LogP contribution >= 0.6 is 0 Å². The van der Waals surface area contributed by atoms with Gasteiger partial charge in [0.1, 0.15) is 17.2 Å². The summed E-state index contributed by atoms with van der Waals surface area (Å²) in [5.74, 6) is 1.07. The van der Waals surface area contributed by atoms with Crippen molar-refractivity contribution in [1.29, 1.82) is 0 Å². The summed E-state index contributed by atoms with van der Waals surface area (Å²) in [6.07, 6.45) is 4.75. The number of fused-ring (bicyclic) bond motifs is 1. The molecule has 0 N–H and O–H groups in total. The molecular weight excluding hydrogens is 216 g/mol. The smallest absolute Gasteiger partial charge is 0.127 e. The van der Waals surface area contributed by atoms with Gasteiger partial charge in [0.05, 0.1) is 12.2 Å². The monoisotopic (exact) mass is 232 g/mol. The van der Waals surface area contributed by atoms with Gasteiger partial charge in [-0.15, -0.1) is 0 Å². The lowest BCUT2D eigenvalue weighted by Crippen LogP contribution is -2.11. The highest BCUT2D eigenvalue weighted by Gasteiger charge is 2.19. The third-order valence-electron chi connectivity index (χ3n) is 3.48. The summed E-state index contributed by atoms with van der Waals surface area (Å²) in [5, 5.41) is 7.76. The summed E-state index contributed by atoms with van der Waals surface area (Å²) in [6, 6.07) is 0. The van der Waals surface area contributed by atoms with Crippen LogP contribution in [0.15, 0.2) is 4.63 Å². The van der Waals surface area contributed by atoms with E-state index in [9.17, 15) is 0 Å². The van der Waals surface area contributed by atoms with Gasteiger partial charge < -0.3 is 4.57 Å². The van der Waals surface area contributed by atoms with Gasteiger partial charge in [0, 0.05) is 5.69 Å². The van der Waals surface area contributed by atoms with Gasteiger partial charge in [-0.05, 0) is 39.5 Å². The topological polar surface area (TPSA) is 56.7 Å². The predicted octanol–water partition coefficient (Wildman–Crippen LogP) is 1.81. The van der Waals surface area contributed by atoms with Crippen molar-refractivity contribution in [2.24, 2.45) is 0 Å². The molecule has 5 heteroatoms. The van der Waals surface area contributed by atoms with Crippen molar-refractivity contribution in [2.45, 2.75) is 46.1 Å². The summed E-state index contributed by atoms with van der Waals surface area (Å²) in [6.45, 7) is 4.70. The molecule has 2 heterocycles. The fraction of sp³-hybridized carbons (Fsp3) is 0.583. The highest BCUT2D eigenvalue weighted by Crippen LogP contribution is 2.23. The maximum absolute atomic E-state index is 4.74. The van der Waals surface area contributed by atoms with Crippen LogP contribution < -0.4 is 0 Å². The molecule has 0 radical (unpaired) electrons. The molecule has 0 fully saturated rings. The van der Waals surface area contributed by atoms with Gasteiger partial charge in [0.15, 0.2) is 0 Å². The third-order valence-corrected chi connectivity index (χ3v) is 3.48. The Hall–Kier alpha value is -1.65. The molecule has 5 nitrogen and oxygen atoms in total. The van der Waals surface area contributed by atoms with Gasteiger partial charge in [-0.2, -0.15) is 0 Å². The van der Waals surface area contributed by atoms with Crippen molar-refractivity contribution >= 4 is 0 Å². The number of hydrogen-bond acceptors (Lipinski definition) is 4. The molecule has 3 rings (SSSR count). The average molecular weight is 232 g/mol. The minimum atomic E-state index is 0.726. The van der Waals surface area contributed by atoms with E-state index in [1.165, 1.54) is 24.2 Å². The number of hydrogen-bond donors (Lipinski definition) is 0. The van der Waals surface area contributed by atoms with E-state index >= 15 is 0 Å². The lowest BCUT2D eigenvalue weighted by molar-refractivity contribution is 0.300. The zero-order valence-electron chi connectivity index (χ0n) is 10.2. The van der Waals surface area contributed by atoms with Gasteiger partial charge in [-0.25, -0.2) is 9.61 Å². The average Bonchev–Trinajstić information content (AvgIpc) is 2.85. The highest BCUT2D eigenvalue weighted by molar-refractivity contribution is 5.21. The molecule has 2 aromatic rings. The fourth-order valence-corrected chi connectivity index (χ4v) is 2.49. The zero-order valence-corrected chi connectivity index (χ0v) is 10.2. The summed E-state index contributed by atoms with van der Waals surface area (Å²) in [5.41, 5.74) is 4.40. The first-order chi connectivity index (χ1) is 8.25. The Morgan fingerprint density at radius 1 is 1.18 bits per heavy atom. The first-order valence-corrected chi connectivity index (χ1v) is 6.08. The number of imidazole rings is 1. The maximum atomic E-state index is 4.74. The largest absolute Gasteiger partial charge is 0.326 e. The Labute approximate surface area is 99.8 Å². The van der Waals surface area contributed by atoms with E-state index < -0.39 is 0 Å². The second-order valence-electron chi connectivity index (χ2n) is 4.64. The Morgan fingerprint density at radius 2 is 2.00 bits per heavy atom. The Kier molecular flexibility index (Phi) is 2.46. The molecule has 0 aliphatic heterocycles. The van der Waals surface area contributed by atoms with Crippen LogP contribution in [0.4, 0.5) is 0 Å². The maximum Gasteiger partial charge on any atom is 0.127 e. The molecule has 0 aromatic carbocycles. The third kappa shape index (κ3) is 1.75. The quantitative estimate of drug-likeness (QED) is 0.792. The molecular formula is C12H16N4O. The van der Waals surface area contributed by atoms with Crippen molar-refractivity contribution in [3.63, 3.8) is 0 Å². The lowest BCUT2D eigenvalue weighted by atomic mass is 10.0. The number of rotatable bonds is 2. The standard InChI is InChI=1S/C12H16N4O/c1-8-11(15-17-14-8)7-16-9(2)13-10-5-3-4-6-12(10)16/h3-7H2,1-2H3. The fourth-order valence-electron chi connectivity index (χ4n) is 2.49. The molecule has 17 heavy (non-hydrogen) atoms. The highest BCUT2D eigenvalue weighted by atomic mass is 16.6. The van der Waals surface area contributed by atoms with E-state index in [0.29, 0.717) is 0 Å². The number of nitrogens with zero attached hydrogens (tertiary/aromatic N) is 4. The summed E-state index contributed by atoms with van der Waals surface area (Å²) in [4.78, 5) is 4.65. The molecule has 0 saturated carbocycles. The van der Waals surface area contributed by atoms with Gasteiger partial charge in [0.25, 0.3) is 0 Å². The lowest BCUT2D eigenvalue weighted by Gasteiger charge is -2.13. The minimum absolute atomic E-state index is 0.726. The molecule has 0 amide bonds. The van der Waals surface area contributed by atoms with Crippen LogP contribution in [-0.2, 0) is 19.4 Å². The van der Waals surface area contributed by atoms with Crippen molar-refractivity contribution in [3.05, 3.63) is 28.6 Å². The van der Waals surface area contributed by atoms with Gasteiger partial charge in [-0.1, -0.05) is 10.3 Å². The van der Waals surface area contributed by atoms with Crippen molar-refractivity contribution < 1.29 is 4.63 Å². The minimum Gasteiger partial charge on any atom is -0.326 e. The summed E-state index contributed by atoms with van der Waals surface area (Å²) >= 11 is 0. The van der Waals surface area contributed by atoms with Crippen LogP contribution in [0.25, 0.3) is 0 Å². The molecule has 0 saturated heterocycles. The van der Waals surface area contributed by atoms with Crippen molar-refractivity contribution in [1.82, 2.24) is 19.9 Å². The van der Waals surface area contributed by atoms with Crippen molar-refractivity contribution in [3.8, 4) is 0 Å². The normalized spacial score (nSPS) is 14.9. The van der Waals surface area contributed by atoms with Crippen LogP contribution in [0.3, 0.4) is 0 Å². The Morgan fingerprint density at radius 3 is 2.76 bits per heavy atom. The zero-order chi connectivity index (χ0) is 11.8. The van der Waals surface area contributed by atoms with E-state index in [2.05, 4.69) is 26.8 Å². The SMILES string of the molecule is Cc1nonc1Cn1c(C)nc2c1CCCC2. The first kappa shape index (κ1) is 10.5. The van der Waals surface area contributed by atoms with Crippen LogP contribution in [-0.4, -0.2) is 19.9 Å². The van der Waals surface area contributed by atoms with Crippen LogP contribution in [0.2, 0.25) is 0 Å². The second-order valence-corrected chi connectivity index (χ2v) is 4.64. The van der Waals surface area contributed by atoms with Crippen LogP contribution in [0, 0.1) is 13.8 Å². The Balaban J connectivity index is 1.98. The first-order valence-electron chi connectivity index (χ1n) is 6.08. The number of aromatic nitrogens is 4. The Bertz CT molecular complexity index is 541. The molecule has 0 unspecified atom stereocenters.